The number of nitrogens with zero attached hydrogens (tertiary/aromatic N) is 2. The first-order chi connectivity index (χ1) is 11.1. The normalized spacial score (nSPS) is 20.7. The third-order valence-corrected chi connectivity index (χ3v) is 5.05. The van der Waals surface area contributed by atoms with Gasteiger partial charge in [0.05, 0.1) is 0 Å². The summed E-state index contributed by atoms with van der Waals surface area (Å²) in [6.45, 7) is 8.42. The number of rotatable bonds is 3. The summed E-state index contributed by atoms with van der Waals surface area (Å²) in [4.78, 5) is 16.8. The molecule has 3 rings (SSSR count). The highest BCUT2D eigenvalue weighted by molar-refractivity contribution is 5.94. The van der Waals surface area contributed by atoms with Gasteiger partial charge in [0.2, 0.25) is 0 Å². The second-order valence-corrected chi connectivity index (χ2v) is 6.75. The third kappa shape index (κ3) is 4.09. The van der Waals surface area contributed by atoms with Crippen LogP contribution in [-0.4, -0.2) is 61.5 Å². The molecular formula is C18H26FN3O. The van der Waals surface area contributed by atoms with Gasteiger partial charge in [-0.05, 0) is 56.5 Å². The number of aryl methyl sites for hydroxylation is 1. The fourth-order valence-corrected chi connectivity index (χ4v) is 3.47. The number of amides is 1. The van der Waals surface area contributed by atoms with Gasteiger partial charge in [0.15, 0.2) is 0 Å². The number of hydrogen-bond acceptors (Lipinski definition) is 3. The Kier molecular flexibility index (Phi) is 5.28. The van der Waals surface area contributed by atoms with Crippen LogP contribution in [-0.2, 0) is 0 Å². The number of piperazine rings is 1. The fourth-order valence-electron chi connectivity index (χ4n) is 3.47. The maximum atomic E-state index is 13.6. The zero-order valence-corrected chi connectivity index (χ0v) is 13.9. The summed E-state index contributed by atoms with van der Waals surface area (Å²) in [5.41, 5.74) is 1.04. The van der Waals surface area contributed by atoms with E-state index in [1.165, 1.54) is 18.9 Å². The zero-order chi connectivity index (χ0) is 16.2. The molecule has 5 heteroatoms. The lowest BCUT2D eigenvalue weighted by Gasteiger charge is -2.37. The molecule has 23 heavy (non-hydrogen) atoms. The summed E-state index contributed by atoms with van der Waals surface area (Å²) in [5.74, 6) is 0.426. The monoisotopic (exact) mass is 319 g/mol. The van der Waals surface area contributed by atoms with E-state index in [1.54, 1.807) is 19.1 Å². The molecule has 2 saturated heterocycles. The Bertz CT molecular complexity index is 549. The van der Waals surface area contributed by atoms with E-state index in [4.69, 9.17) is 0 Å². The minimum Gasteiger partial charge on any atom is -0.336 e. The molecule has 2 heterocycles. The Morgan fingerprint density at radius 2 is 1.91 bits per heavy atom. The molecule has 2 fully saturated rings. The van der Waals surface area contributed by atoms with E-state index < -0.39 is 0 Å². The van der Waals surface area contributed by atoms with Gasteiger partial charge in [-0.3, -0.25) is 9.69 Å². The summed E-state index contributed by atoms with van der Waals surface area (Å²) in [6, 6.07) is 4.76. The summed E-state index contributed by atoms with van der Waals surface area (Å²) in [6.07, 6.45) is 2.50. The summed E-state index contributed by atoms with van der Waals surface area (Å²) < 4.78 is 13.6. The first-order valence-corrected chi connectivity index (χ1v) is 8.62. The van der Waals surface area contributed by atoms with Crippen molar-refractivity contribution in [2.75, 3.05) is 45.8 Å². The number of benzene rings is 1. The summed E-state index contributed by atoms with van der Waals surface area (Å²) >= 11 is 0. The van der Waals surface area contributed by atoms with Crippen molar-refractivity contribution in [1.82, 2.24) is 15.1 Å². The first kappa shape index (κ1) is 16.4. The lowest BCUT2D eigenvalue weighted by Crippen LogP contribution is -2.50. The molecule has 0 unspecified atom stereocenters. The molecule has 0 bridgehead atoms. The molecule has 0 spiro atoms. The van der Waals surface area contributed by atoms with Crippen LogP contribution in [0.5, 0.6) is 0 Å². The van der Waals surface area contributed by atoms with Crippen LogP contribution in [0.2, 0.25) is 0 Å². The third-order valence-electron chi connectivity index (χ3n) is 5.05. The van der Waals surface area contributed by atoms with Gasteiger partial charge in [-0.2, -0.15) is 0 Å². The Morgan fingerprint density at radius 3 is 2.57 bits per heavy atom. The van der Waals surface area contributed by atoms with Crippen molar-refractivity contribution in [2.45, 2.75) is 19.8 Å². The molecule has 126 valence electrons. The predicted molar refractivity (Wildman–Crippen MR) is 89.1 cm³/mol. The second-order valence-electron chi connectivity index (χ2n) is 6.75. The van der Waals surface area contributed by atoms with E-state index >= 15 is 0 Å². The van der Waals surface area contributed by atoms with Crippen LogP contribution < -0.4 is 5.32 Å². The average molecular weight is 319 g/mol. The van der Waals surface area contributed by atoms with Crippen molar-refractivity contribution in [3.8, 4) is 0 Å². The Morgan fingerprint density at radius 1 is 1.22 bits per heavy atom. The highest BCUT2D eigenvalue weighted by atomic mass is 19.1. The molecule has 0 atom stereocenters. The summed E-state index contributed by atoms with van der Waals surface area (Å²) in [7, 11) is 0. The standard InChI is InChI=1S/C18H26FN3O/c1-14-2-3-16(12-17(14)19)18(23)22-10-8-21(9-11-22)13-15-4-6-20-7-5-15/h2-3,12,15,20H,4-11,13H2,1H3. The van der Waals surface area contributed by atoms with E-state index in [9.17, 15) is 9.18 Å². The Balaban J connectivity index is 1.51. The predicted octanol–water partition coefficient (Wildman–Crippen LogP) is 1.89. The van der Waals surface area contributed by atoms with Crippen molar-refractivity contribution >= 4 is 5.91 Å². The van der Waals surface area contributed by atoms with E-state index in [-0.39, 0.29) is 11.7 Å². The lowest BCUT2D eigenvalue weighted by atomic mass is 9.97. The van der Waals surface area contributed by atoms with Crippen LogP contribution in [0.1, 0.15) is 28.8 Å². The van der Waals surface area contributed by atoms with Crippen molar-refractivity contribution in [2.24, 2.45) is 5.92 Å². The van der Waals surface area contributed by atoms with Gasteiger partial charge in [0.25, 0.3) is 5.91 Å². The molecule has 0 aliphatic carbocycles. The van der Waals surface area contributed by atoms with Gasteiger partial charge in [-0.25, -0.2) is 4.39 Å². The number of halogens is 1. The number of piperidine rings is 1. The maximum Gasteiger partial charge on any atom is 0.254 e. The topological polar surface area (TPSA) is 35.6 Å². The molecule has 4 nitrogen and oxygen atoms in total. The Hall–Kier alpha value is -1.46. The molecule has 2 aliphatic rings. The minimum absolute atomic E-state index is 0.0505. The zero-order valence-electron chi connectivity index (χ0n) is 13.9. The fraction of sp³-hybridized carbons (Fsp3) is 0.611. The Labute approximate surface area is 137 Å². The molecule has 1 N–H and O–H groups in total. The van der Waals surface area contributed by atoms with Crippen LogP contribution in [0.3, 0.4) is 0 Å². The van der Waals surface area contributed by atoms with Crippen LogP contribution in [0.25, 0.3) is 0 Å². The molecule has 2 aliphatic heterocycles. The number of hydrogen-bond donors (Lipinski definition) is 1. The molecule has 0 aromatic heterocycles. The highest BCUT2D eigenvalue weighted by Gasteiger charge is 2.24. The minimum atomic E-state index is -0.305. The average Bonchev–Trinajstić information content (AvgIpc) is 2.58. The van der Waals surface area contributed by atoms with Crippen molar-refractivity contribution in [3.05, 3.63) is 35.1 Å². The molecular weight excluding hydrogens is 293 g/mol. The number of nitrogens with one attached hydrogen (secondary N) is 1. The van der Waals surface area contributed by atoms with Crippen LogP contribution in [0.4, 0.5) is 4.39 Å². The first-order valence-electron chi connectivity index (χ1n) is 8.62. The van der Waals surface area contributed by atoms with Crippen LogP contribution in [0, 0.1) is 18.7 Å². The largest absolute Gasteiger partial charge is 0.336 e. The lowest BCUT2D eigenvalue weighted by molar-refractivity contribution is 0.0608. The van der Waals surface area contributed by atoms with E-state index in [0.717, 1.165) is 51.7 Å². The smallest absolute Gasteiger partial charge is 0.254 e. The van der Waals surface area contributed by atoms with Gasteiger partial charge in [0.1, 0.15) is 5.82 Å². The quantitative estimate of drug-likeness (QED) is 0.924. The van der Waals surface area contributed by atoms with Gasteiger partial charge in [-0.1, -0.05) is 6.07 Å². The van der Waals surface area contributed by atoms with Gasteiger partial charge >= 0.3 is 0 Å². The van der Waals surface area contributed by atoms with E-state index in [2.05, 4.69) is 10.2 Å². The molecule has 0 saturated carbocycles. The highest BCUT2D eigenvalue weighted by Crippen LogP contribution is 2.16. The van der Waals surface area contributed by atoms with Crippen molar-refractivity contribution in [1.29, 1.82) is 0 Å². The van der Waals surface area contributed by atoms with Crippen LogP contribution >= 0.6 is 0 Å². The van der Waals surface area contributed by atoms with Crippen molar-refractivity contribution < 1.29 is 9.18 Å². The molecule has 1 aromatic rings. The second kappa shape index (κ2) is 7.41. The van der Waals surface area contributed by atoms with Crippen LogP contribution in [0.15, 0.2) is 18.2 Å². The molecule has 0 radical (unpaired) electrons. The maximum absolute atomic E-state index is 13.6. The summed E-state index contributed by atoms with van der Waals surface area (Å²) in [5, 5.41) is 3.40. The van der Waals surface area contributed by atoms with Gasteiger partial charge in [0, 0.05) is 38.3 Å². The van der Waals surface area contributed by atoms with E-state index in [0.29, 0.717) is 11.1 Å². The molecule has 1 aromatic carbocycles. The number of carbonyl (C=O) groups is 1. The van der Waals surface area contributed by atoms with Gasteiger partial charge in [-0.15, -0.1) is 0 Å². The molecule has 1 amide bonds. The van der Waals surface area contributed by atoms with E-state index in [1.807, 2.05) is 4.90 Å². The number of carbonyl (C=O) groups excluding carboxylic acids is 1. The van der Waals surface area contributed by atoms with Crippen molar-refractivity contribution in [3.63, 3.8) is 0 Å². The SMILES string of the molecule is Cc1ccc(C(=O)N2CCN(CC3CCNCC3)CC2)cc1F. The van der Waals surface area contributed by atoms with Gasteiger partial charge < -0.3 is 10.2 Å².